The molecule has 1 aliphatic rings. The van der Waals surface area contributed by atoms with Gasteiger partial charge in [0.15, 0.2) is 5.96 Å². The molecule has 0 radical (unpaired) electrons. The maximum absolute atomic E-state index is 12.5. The molecule has 0 atom stereocenters. The van der Waals surface area contributed by atoms with Gasteiger partial charge in [-0.15, -0.1) is 24.0 Å². The van der Waals surface area contributed by atoms with Gasteiger partial charge in [-0.3, -0.25) is 4.99 Å². The van der Waals surface area contributed by atoms with E-state index in [9.17, 15) is 8.42 Å². The summed E-state index contributed by atoms with van der Waals surface area (Å²) < 4.78 is 36.9. The zero-order valence-corrected chi connectivity index (χ0v) is 20.5. The maximum atomic E-state index is 12.5. The maximum Gasteiger partial charge on any atom is 0.220 e. The van der Waals surface area contributed by atoms with Crippen molar-refractivity contribution in [1.82, 2.24) is 19.7 Å². The molecule has 1 aliphatic heterocycles. The number of hydrogen-bond donors (Lipinski definition) is 1. The van der Waals surface area contributed by atoms with Gasteiger partial charge in [-0.2, -0.15) is 4.31 Å². The van der Waals surface area contributed by atoms with Gasteiger partial charge in [0.25, 0.3) is 0 Å². The number of rotatable bonds is 11. The molecule has 2 heterocycles. The fourth-order valence-corrected chi connectivity index (χ4v) is 4.32. The Morgan fingerprint density at radius 1 is 1.24 bits per heavy atom. The first-order chi connectivity index (χ1) is 13.6. The van der Waals surface area contributed by atoms with E-state index in [1.807, 2.05) is 6.92 Å². The molecule has 0 amide bonds. The number of piperazine rings is 1. The Hall–Kier alpha value is -0.920. The van der Waals surface area contributed by atoms with Gasteiger partial charge >= 0.3 is 0 Å². The van der Waals surface area contributed by atoms with Crippen molar-refractivity contribution in [3.8, 4) is 0 Å². The lowest BCUT2D eigenvalue weighted by Crippen LogP contribution is -2.53. The van der Waals surface area contributed by atoms with Crippen LogP contribution in [0.2, 0.25) is 0 Å². The topological polar surface area (TPSA) is 100 Å². The summed E-state index contributed by atoms with van der Waals surface area (Å²) in [7, 11) is -3.39. The van der Waals surface area contributed by atoms with Crippen molar-refractivity contribution in [3.63, 3.8) is 0 Å². The summed E-state index contributed by atoms with van der Waals surface area (Å²) in [6.07, 6.45) is 4.50. The number of aliphatic imine (C=N–C) groups is 1. The minimum Gasteiger partial charge on any atom is -0.381 e. The third-order valence-corrected chi connectivity index (χ3v) is 6.25. The van der Waals surface area contributed by atoms with Crippen molar-refractivity contribution in [2.75, 3.05) is 52.5 Å². The molecule has 1 aromatic rings. The fourth-order valence-electron chi connectivity index (χ4n) is 2.89. The van der Waals surface area contributed by atoms with E-state index in [-0.39, 0.29) is 29.7 Å². The number of unbranched alkanes of at least 4 members (excludes halogenated alkanes) is 1. The number of sulfonamides is 1. The Morgan fingerprint density at radius 2 is 1.97 bits per heavy atom. The van der Waals surface area contributed by atoms with Gasteiger partial charge in [0.2, 0.25) is 10.0 Å². The van der Waals surface area contributed by atoms with E-state index in [1.165, 1.54) is 10.6 Å². The highest BCUT2D eigenvalue weighted by Gasteiger charge is 2.28. The lowest BCUT2D eigenvalue weighted by Gasteiger charge is -2.35. The summed E-state index contributed by atoms with van der Waals surface area (Å²) in [5.41, 5.74) is 0.429. The van der Waals surface area contributed by atoms with Crippen LogP contribution in [0.5, 0.6) is 0 Å². The average molecular weight is 543 g/mol. The summed E-state index contributed by atoms with van der Waals surface area (Å²) in [6, 6.07) is 1.58. The predicted octanol–water partition coefficient (Wildman–Crippen LogP) is 1.91. The van der Waals surface area contributed by atoms with Gasteiger partial charge in [-0.1, -0.05) is 18.5 Å². The first-order valence-electron chi connectivity index (χ1n) is 10.0. The molecule has 0 spiro atoms. The number of ether oxygens (including phenoxy) is 1. The van der Waals surface area contributed by atoms with Gasteiger partial charge in [0.1, 0.15) is 12.0 Å². The van der Waals surface area contributed by atoms with Gasteiger partial charge in [0.05, 0.1) is 5.69 Å². The zero-order chi connectivity index (χ0) is 20.2. The van der Waals surface area contributed by atoms with Crippen LogP contribution in [0.4, 0.5) is 0 Å². The van der Waals surface area contributed by atoms with E-state index in [4.69, 9.17) is 9.26 Å². The molecule has 0 saturated carbocycles. The minimum atomic E-state index is -3.39. The highest BCUT2D eigenvalue weighted by molar-refractivity contribution is 14.0. The Bertz CT molecular complexity index is 676. The second-order valence-corrected chi connectivity index (χ2v) is 8.66. The minimum absolute atomic E-state index is 0. The summed E-state index contributed by atoms with van der Waals surface area (Å²) >= 11 is 0. The van der Waals surface area contributed by atoms with E-state index < -0.39 is 10.0 Å². The number of guanidine groups is 1. The molecule has 11 heteroatoms. The largest absolute Gasteiger partial charge is 0.381 e. The Labute approximate surface area is 191 Å². The zero-order valence-electron chi connectivity index (χ0n) is 17.4. The molecular formula is C18H34IN5O4S. The van der Waals surface area contributed by atoms with E-state index in [0.29, 0.717) is 38.4 Å². The van der Waals surface area contributed by atoms with E-state index >= 15 is 0 Å². The second kappa shape index (κ2) is 14.1. The van der Waals surface area contributed by atoms with E-state index in [1.54, 1.807) is 6.07 Å². The number of nitrogens with zero attached hydrogens (tertiary/aromatic N) is 4. The lowest BCUT2D eigenvalue weighted by molar-refractivity contribution is 0.130. The van der Waals surface area contributed by atoms with Crippen LogP contribution >= 0.6 is 24.0 Å². The molecule has 168 valence electrons. The average Bonchev–Trinajstić information content (AvgIpc) is 3.19. The Morgan fingerprint density at radius 3 is 2.59 bits per heavy atom. The molecule has 9 nitrogen and oxygen atoms in total. The molecule has 0 unspecified atom stereocenters. The van der Waals surface area contributed by atoms with Crippen LogP contribution in [0, 0.1) is 0 Å². The normalized spacial score (nSPS) is 15.9. The van der Waals surface area contributed by atoms with Gasteiger partial charge in [-0.25, -0.2) is 8.42 Å². The molecule has 0 aromatic carbocycles. The number of halogens is 1. The standard InChI is InChI=1S/C18H33N5O4S.HI/c1-3-5-13-26-14-6-8-20-18(19-4-2)22-9-11-23(12-10-22)28(24,25)16-17-7-15-27-21-17;/h7,15H,3-6,8-14,16H2,1-2H3,(H,19,20);1H. The van der Waals surface area contributed by atoms with Crippen molar-refractivity contribution in [3.05, 3.63) is 18.0 Å². The van der Waals surface area contributed by atoms with Crippen molar-refractivity contribution in [2.45, 2.75) is 38.9 Å². The first kappa shape index (κ1) is 26.1. The molecule has 0 aliphatic carbocycles. The van der Waals surface area contributed by atoms with Crippen LogP contribution in [0.3, 0.4) is 0 Å². The van der Waals surface area contributed by atoms with Gasteiger partial charge in [-0.05, 0) is 19.8 Å². The number of aromatic nitrogens is 1. The lowest BCUT2D eigenvalue weighted by atomic mass is 10.3. The van der Waals surface area contributed by atoms with Crippen LogP contribution in [0.1, 0.15) is 38.8 Å². The molecule has 29 heavy (non-hydrogen) atoms. The smallest absolute Gasteiger partial charge is 0.220 e. The molecule has 0 bridgehead atoms. The monoisotopic (exact) mass is 543 g/mol. The van der Waals surface area contributed by atoms with E-state index in [0.717, 1.165) is 45.0 Å². The third-order valence-electron chi connectivity index (χ3n) is 4.44. The number of nitrogens with one attached hydrogen (secondary N) is 1. The number of hydrogen-bond acceptors (Lipinski definition) is 6. The highest BCUT2D eigenvalue weighted by atomic mass is 127. The van der Waals surface area contributed by atoms with Crippen LogP contribution in [0.25, 0.3) is 0 Å². The van der Waals surface area contributed by atoms with Gasteiger partial charge in [0, 0.05) is 58.5 Å². The second-order valence-electron chi connectivity index (χ2n) is 6.69. The van der Waals surface area contributed by atoms with Crippen molar-refractivity contribution in [1.29, 1.82) is 0 Å². The predicted molar refractivity (Wildman–Crippen MR) is 124 cm³/mol. The molecule has 1 fully saturated rings. The quantitative estimate of drug-likeness (QED) is 0.197. The highest BCUT2D eigenvalue weighted by Crippen LogP contribution is 2.13. The van der Waals surface area contributed by atoms with Crippen molar-refractivity contribution >= 4 is 40.0 Å². The van der Waals surface area contributed by atoms with Crippen LogP contribution in [0.15, 0.2) is 21.8 Å². The summed E-state index contributed by atoms with van der Waals surface area (Å²) in [5, 5.41) is 7.00. The third kappa shape index (κ3) is 9.18. The van der Waals surface area contributed by atoms with Crippen molar-refractivity contribution in [2.24, 2.45) is 4.99 Å². The van der Waals surface area contributed by atoms with E-state index in [2.05, 4.69) is 27.3 Å². The molecular weight excluding hydrogens is 509 g/mol. The first-order valence-corrected chi connectivity index (χ1v) is 11.7. The van der Waals surface area contributed by atoms with Gasteiger partial charge < -0.3 is 19.5 Å². The van der Waals surface area contributed by atoms with Crippen LogP contribution in [-0.4, -0.2) is 81.2 Å². The summed E-state index contributed by atoms with van der Waals surface area (Å²) in [5.74, 6) is 0.708. The van der Waals surface area contributed by atoms with Crippen molar-refractivity contribution < 1.29 is 17.7 Å². The van der Waals surface area contributed by atoms with Crippen LogP contribution in [-0.2, 0) is 20.5 Å². The molecule has 1 N–H and O–H groups in total. The Kier molecular flexibility index (Phi) is 12.7. The Balaban J connectivity index is 0.00000420. The SMILES string of the molecule is CCCCOCCCN=C(NCC)N1CCN(S(=O)(=O)Cc2ccon2)CC1.I. The fraction of sp³-hybridized carbons (Fsp3) is 0.778. The molecule has 1 aromatic heterocycles. The molecule has 2 rings (SSSR count). The molecule has 1 saturated heterocycles. The van der Waals surface area contributed by atoms with Crippen LogP contribution < -0.4 is 5.32 Å². The summed E-state index contributed by atoms with van der Waals surface area (Å²) in [4.78, 5) is 6.78. The summed E-state index contributed by atoms with van der Waals surface area (Å²) in [6.45, 7) is 9.26.